The number of nitriles is 1. The van der Waals surface area contributed by atoms with Crippen molar-refractivity contribution in [2.45, 2.75) is 25.7 Å². The molecule has 1 spiro atoms. The lowest BCUT2D eigenvalue weighted by Gasteiger charge is -2.52. The lowest BCUT2D eigenvalue weighted by molar-refractivity contribution is -0.168. The van der Waals surface area contributed by atoms with Gasteiger partial charge in [0.15, 0.2) is 5.41 Å². The van der Waals surface area contributed by atoms with Crippen LogP contribution in [0.2, 0.25) is 0 Å². The smallest absolute Gasteiger partial charge is 0.326 e. The van der Waals surface area contributed by atoms with E-state index in [1.165, 1.54) is 7.11 Å². The van der Waals surface area contributed by atoms with Crippen molar-refractivity contribution in [3.63, 3.8) is 0 Å². The summed E-state index contributed by atoms with van der Waals surface area (Å²) in [5, 5.41) is 9.07. The zero-order chi connectivity index (χ0) is 10.9. The third-order valence-corrected chi connectivity index (χ3v) is 3.70. The number of rotatable bonds is 1. The van der Waals surface area contributed by atoms with Gasteiger partial charge in [0.05, 0.1) is 13.2 Å². The Balaban J connectivity index is 2.05. The summed E-state index contributed by atoms with van der Waals surface area (Å²) in [5.74, 6) is -0.373. The first kappa shape index (κ1) is 10.4. The van der Waals surface area contributed by atoms with Crippen LogP contribution >= 0.6 is 0 Å². The Kier molecular flexibility index (Phi) is 2.43. The molecule has 4 heteroatoms. The number of carbonyl (C=O) groups excluding carboxylic acids is 1. The molecular formula is C11H15NO3. The fourth-order valence-corrected chi connectivity index (χ4v) is 2.85. The molecule has 0 radical (unpaired) electrons. The molecule has 0 aromatic rings. The van der Waals surface area contributed by atoms with Crippen molar-refractivity contribution in [2.75, 3.05) is 20.3 Å². The van der Waals surface area contributed by atoms with E-state index in [1.807, 2.05) is 0 Å². The first-order valence-electron chi connectivity index (χ1n) is 5.24. The van der Waals surface area contributed by atoms with Crippen molar-refractivity contribution in [3.05, 3.63) is 0 Å². The third kappa shape index (κ3) is 1.51. The standard InChI is InChI=1S/C11H15NO3/c1-14-9(13)11(8-12)6-10(7-11)2-4-15-5-3-10/h2-7H2,1H3. The Bertz CT molecular complexity index is 304. The van der Waals surface area contributed by atoms with Gasteiger partial charge in [0.1, 0.15) is 0 Å². The third-order valence-electron chi connectivity index (χ3n) is 3.70. The van der Waals surface area contributed by atoms with E-state index >= 15 is 0 Å². The van der Waals surface area contributed by atoms with Crippen molar-refractivity contribution in [1.29, 1.82) is 5.26 Å². The topological polar surface area (TPSA) is 59.3 Å². The summed E-state index contributed by atoms with van der Waals surface area (Å²) in [7, 11) is 1.34. The second-order valence-corrected chi connectivity index (χ2v) is 4.65. The van der Waals surface area contributed by atoms with Crippen LogP contribution in [0.3, 0.4) is 0 Å². The molecule has 2 rings (SSSR count). The van der Waals surface area contributed by atoms with Gasteiger partial charge in [-0.25, -0.2) is 0 Å². The summed E-state index contributed by atoms with van der Waals surface area (Å²) in [6.07, 6.45) is 3.22. The quantitative estimate of drug-likeness (QED) is 0.610. The van der Waals surface area contributed by atoms with E-state index < -0.39 is 5.41 Å². The van der Waals surface area contributed by atoms with Gasteiger partial charge in [-0.2, -0.15) is 5.26 Å². The van der Waals surface area contributed by atoms with E-state index in [4.69, 9.17) is 10.00 Å². The maximum Gasteiger partial charge on any atom is 0.326 e. The minimum Gasteiger partial charge on any atom is -0.468 e. The summed E-state index contributed by atoms with van der Waals surface area (Å²) in [6, 6.07) is 2.12. The van der Waals surface area contributed by atoms with Gasteiger partial charge < -0.3 is 9.47 Å². The summed E-state index contributed by atoms with van der Waals surface area (Å²) in [4.78, 5) is 11.5. The van der Waals surface area contributed by atoms with Gasteiger partial charge in [-0.05, 0) is 31.1 Å². The minimum atomic E-state index is -0.869. The van der Waals surface area contributed by atoms with Crippen LogP contribution in [0.1, 0.15) is 25.7 Å². The molecule has 0 atom stereocenters. The molecular weight excluding hydrogens is 194 g/mol. The Morgan fingerprint density at radius 3 is 2.47 bits per heavy atom. The molecule has 1 heterocycles. The second-order valence-electron chi connectivity index (χ2n) is 4.65. The monoisotopic (exact) mass is 209 g/mol. The lowest BCUT2D eigenvalue weighted by Crippen LogP contribution is -2.53. The Hall–Kier alpha value is -1.08. The van der Waals surface area contributed by atoms with Crippen molar-refractivity contribution in [3.8, 4) is 6.07 Å². The highest BCUT2D eigenvalue weighted by Crippen LogP contribution is 2.59. The van der Waals surface area contributed by atoms with E-state index in [0.717, 1.165) is 26.1 Å². The van der Waals surface area contributed by atoms with Crippen molar-refractivity contribution in [2.24, 2.45) is 10.8 Å². The van der Waals surface area contributed by atoms with Crippen LogP contribution in [0.25, 0.3) is 0 Å². The Morgan fingerprint density at radius 2 is 2.00 bits per heavy atom. The van der Waals surface area contributed by atoms with E-state index in [1.54, 1.807) is 0 Å². The molecule has 15 heavy (non-hydrogen) atoms. The molecule has 1 aliphatic heterocycles. The van der Waals surface area contributed by atoms with Gasteiger partial charge in [-0.3, -0.25) is 4.79 Å². The van der Waals surface area contributed by atoms with Crippen LogP contribution in [0, 0.1) is 22.2 Å². The highest BCUT2D eigenvalue weighted by Gasteiger charge is 2.60. The average molecular weight is 209 g/mol. The predicted octanol–water partition coefficient (Wildman–Crippen LogP) is 1.26. The van der Waals surface area contributed by atoms with Crippen LogP contribution in [-0.2, 0) is 14.3 Å². The number of hydrogen-bond donors (Lipinski definition) is 0. The zero-order valence-corrected chi connectivity index (χ0v) is 8.91. The van der Waals surface area contributed by atoms with E-state index in [0.29, 0.717) is 12.8 Å². The van der Waals surface area contributed by atoms with Crippen molar-refractivity contribution in [1.82, 2.24) is 0 Å². The molecule has 1 saturated heterocycles. The highest BCUT2D eigenvalue weighted by atomic mass is 16.5. The largest absolute Gasteiger partial charge is 0.468 e. The normalized spacial score (nSPS) is 26.4. The molecule has 2 aliphatic rings. The van der Waals surface area contributed by atoms with E-state index in [9.17, 15) is 4.79 Å². The maximum absolute atomic E-state index is 11.5. The molecule has 82 valence electrons. The Labute approximate surface area is 89.2 Å². The number of methoxy groups -OCH3 is 1. The number of hydrogen-bond acceptors (Lipinski definition) is 4. The summed E-state index contributed by atoms with van der Waals surface area (Å²) in [6.45, 7) is 1.51. The molecule has 1 aliphatic carbocycles. The van der Waals surface area contributed by atoms with Crippen LogP contribution in [0.4, 0.5) is 0 Å². The molecule has 0 N–H and O–H groups in total. The molecule has 0 unspecified atom stereocenters. The van der Waals surface area contributed by atoms with Gasteiger partial charge in [-0.15, -0.1) is 0 Å². The molecule has 0 amide bonds. The average Bonchev–Trinajstić information content (AvgIpc) is 2.25. The number of esters is 1. The van der Waals surface area contributed by atoms with Gasteiger partial charge >= 0.3 is 5.97 Å². The van der Waals surface area contributed by atoms with Gasteiger partial charge in [0.25, 0.3) is 0 Å². The first-order valence-corrected chi connectivity index (χ1v) is 5.24. The van der Waals surface area contributed by atoms with Crippen molar-refractivity contribution >= 4 is 5.97 Å². The van der Waals surface area contributed by atoms with Crippen molar-refractivity contribution < 1.29 is 14.3 Å². The summed E-state index contributed by atoms with van der Waals surface area (Å²) >= 11 is 0. The van der Waals surface area contributed by atoms with E-state index in [-0.39, 0.29) is 11.4 Å². The molecule has 2 fully saturated rings. The molecule has 0 bridgehead atoms. The first-order chi connectivity index (χ1) is 7.16. The molecule has 1 saturated carbocycles. The van der Waals surface area contributed by atoms with Gasteiger partial charge in [0, 0.05) is 13.2 Å². The molecule has 4 nitrogen and oxygen atoms in total. The molecule has 0 aromatic heterocycles. The summed E-state index contributed by atoms with van der Waals surface area (Å²) < 4.78 is 9.98. The fraction of sp³-hybridized carbons (Fsp3) is 0.818. The van der Waals surface area contributed by atoms with Crippen LogP contribution in [0.15, 0.2) is 0 Å². The SMILES string of the molecule is COC(=O)C1(C#N)CC2(CCOCC2)C1. The van der Waals surface area contributed by atoms with Crippen LogP contribution < -0.4 is 0 Å². The van der Waals surface area contributed by atoms with Crippen LogP contribution in [0.5, 0.6) is 0 Å². The highest BCUT2D eigenvalue weighted by molar-refractivity contribution is 5.81. The Morgan fingerprint density at radius 1 is 1.40 bits per heavy atom. The lowest BCUT2D eigenvalue weighted by atomic mass is 9.50. The second kappa shape index (κ2) is 3.49. The fourth-order valence-electron chi connectivity index (χ4n) is 2.85. The molecule has 0 aromatic carbocycles. The van der Waals surface area contributed by atoms with E-state index in [2.05, 4.69) is 10.8 Å². The summed E-state index contributed by atoms with van der Waals surface area (Å²) in [5.41, 5.74) is -0.700. The van der Waals surface area contributed by atoms with Gasteiger partial charge in [0.2, 0.25) is 0 Å². The number of nitrogens with zero attached hydrogens (tertiary/aromatic N) is 1. The number of carbonyl (C=O) groups is 1. The van der Waals surface area contributed by atoms with Gasteiger partial charge in [-0.1, -0.05) is 0 Å². The number of ether oxygens (including phenoxy) is 2. The zero-order valence-electron chi connectivity index (χ0n) is 8.91. The maximum atomic E-state index is 11.5. The predicted molar refractivity (Wildman–Crippen MR) is 51.8 cm³/mol. The van der Waals surface area contributed by atoms with Crippen LogP contribution in [-0.4, -0.2) is 26.3 Å². The minimum absolute atomic E-state index is 0.169.